The first-order valence-electron chi connectivity index (χ1n) is 9.73. The summed E-state index contributed by atoms with van der Waals surface area (Å²) in [6.45, 7) is 3.68. The number of aromatic amines is 1. The zero-order valence-corrected chi connectivity index (χ0v) is 15.7. The van der Waals surface area contributed by atoms with Gasteiger partial charge in [0.1, 0.15) is 5.82 Å². The third kappa shape index (κ3) is 3.95. The molecule has 4 nitrogen and oxygen atoms in total. The van der Waals surface area contributed by atoms with Crippen molar-refractivity contribution in [2.75, 3.05) is 13.1 Å². The summed E-state index contributed by atoms with van der Waals surface area (Å²) in [5, 5.41) is 0. The number of rotatable bonds is 4. The molecule has 2 aromatic carbocycles. The summed E-state index contributed by atoms with van der Waals surface area (Å²) >= 11 is 0. The predicted octanol–water partition coefficient (Wildman–Crippen LogP) is 4.54. The summed E-state index contributed by atoms with van der Waals surface area (Å²) in [5.74, 6) is 1.34. The quantitative estimate of drug-likeness (QED) is 0.695. The second kappa shape index (κ2) is 7.78. The molecule has 4 rings (SSSR count). The first kappa shape index (κ1) is 17.5. The number of nitrogens with one attached hydrogen (secondary N) is 1. The van der Waals surface area contributed by atoms with Gasteiger partial charge in [0.05, 0.1) is 11.0 Å². The lowest BCUT2D eigenvalue weighted by molar-refractivity contribution is -0.127. The maximum absolute atomic E-state index is 12.7. The first-order chi connectivity index (χ1) is 13.2. The predicted molar refractivity (Wildman–Crippen MR) is 110 cm³/mol. The minimum Gasteiger partial charge on any atom is -0.342 e. The van der Waals surface area contributed by atoms with E-state index in [1.54, 1.807) is 6.08 Å². The van der Waals surface area contributed by atoms with E-state index in [0.29, 0.717) is 0 Å². The normalized spacial score (nSPS) is 17.7. The minimum atomic E-state index is 0.0791. The number of benzene rings is 2. The molecule has 0 bridgehead atoms. The average Bonchev–Trinajstić information content (AvgIpc) is 3.17. The van der Waals surface area contributed by atoms with E-state index in [1.165, 1.54) is 5.56 Å². The molecule has 2 heterocycles. The number of aromatic nitrogens is 2. The average molecular weight is 359 g/mol. The summed E-state index contributed by atoms with van der Waals surface area (Å²) in [6, 6.07) is 16.4. The van der Waals surface area contributed by atoms with Crippen molar-refractivity contribution in [3.63, 3.8) is 0 Å². The smallest absolute Gasteiger partial charge is 0.246 e. The molecular formula is C23H25N3O. The molecule has 4 heteroatoms. The van der Waals surface area contributed by atoms with Crippen LogP contribution in [0.4, 0.5) is 0 Å². The van der Waals surface area contributed by atoms with E-state index < -0.39 is 0 Å². The Morgan fingerprint density at radius 1 is 1.22 bits per heavy atom. The molecule has 1 amide bonds. The van der Waals surface area contributed by atoms with Crippen LogP contribution in [0.5, 0.6) is 0 Å². The molecule has 1 N–H and O–H groups in total. The number of carbonyl (C=O) groups excluding carboxylic acids is 1. The second-order valence-electron chi connectivity index (χ2n) is 7.19. The molecule has 3 aromatic rings. The fourth-order valence-corrected chi connectivity index (χ4v) is 3.70. The monoisotopic (exact) mass is 359 g/mol. The van der Waals surface area contributed by atoms with Gasteiger partial charge in [-0.1, -0.05) is 43.3 Å². The van der Waals surface area contributed by atoms with Crippen molar-refractivity contribution < 1.29 is 4.79 Å². The third-order valence-corrected chi connectivity index (χ3v) is 5.33. The van der Waals surface area contributed by atoms with E-state index in [4.69, 9.17) is 4.98 Å². The number of hydrogen-bond donors (Lipinski definition) is 1. The molecule has 1 unspecified atom stereocenters. The molecule has 1 fully saturated rings. The summed E-state index contributed by atoms with van der Waals surface area (Å²) in [7, 11) is 0. The van der Waals surface area contributed by atoms with Crippen molar-refractivity contribution in [3.8, 4) is 0 Å². The summed E-state index contributed by atoms with van der Waals surface area (Å²) in [4.78, 5) is 22.7. The van der Waals surface area contributed by atoms with Crippen LogP contribution in [-0.4, -0.2) is 33.9 Å². The molecule has 1 aliphatic rings. The number of para-hydroxylation sites is 2. The van der Waals surface area contributed by atoms with Crippen molar-refractivity contribution >= 4 is 23.0 Å². The van der Waals surface area contributed by atoms with Gasteiger partial charge in [-0.2, -0.15) is 0 Å². The van der Waals surface area contributed by atoms with Crippen molar-refractivity contribution in [2.24, 2.45) is 0 Å². The van der Waals surface area contributed by atoms with Crippen molar-refractivity contribution in [2.45, 2.75) is 32.1 Å². The van der Waals surface area contributed by atoms with E-state index in [2.05, 4.69) is 36.2 Å². The molecular weight excluding hydrogens is 334 g/mol. The largest absolute Gasteiger partial charge is 0.342 e. The van der Waals surface area contributed by atoms with Crippen molar-refractivity contribution in [1.29, 1.82) is 0 Å². The van der Waals surface area contributed by atoms with E-state index in [0.717, 1.165) is 54.8 Å². The van der Waals surface area contributed by atoms with Crippen LogP contribution >= 0.6 is 0 Å². The highest BCUT2D eigenvalue weighted by Crippen LogP contribution is 2.27. The van der Waals surface area contributed by atoms with Crippen LogP contribution in [0, 0.1) is 0 Å². The lowest BCUT2D eigenvalue weighted by Gasteiger charge is -2.31. The standard InChI is InChI=1S/C23H25N3O/c1-2-17-9-11-18(12-10-17)13-14-22(27)26-15-5-6-19(16-26)23-24-20-7-3-4-8-21(20)25-23/h3-4,7-14,19H,2,5-6,15-16H2,1H3,(H,24,25)/b14-13+. The van der Waals surface area contributed by atoms with Gasteiger partial charge in [-0.25, -0.2) is 4.98 Å². The Labute approximate surface area is 159 Å². The van der Waals surface area contributed by atoms with Gasteiger partial charge in [-0.05, 0) is 48.6 Å². The van der Waals surface area contributed by atoms with Gasteiger partial charge in [0, 0.05) is 25.1 Å². The van der Waals surface area contributed by atoms with Crippen LogP contribution < -0.4 is 0 Å². The van der Waals surface area contributed by atoms with Gasteiger partial charge in [0.25, 0.3) is 0 Å². The van der Waals surface area contributed by atoms with Crippen molar-refractivity contribution in [1.82, 2.24) is 14.9 Å². The Morgan fingerprint density at radius 3 is 2.81 bits per heavy atom. The number of piperidine rings is 1. The zero-order chi connectivity index (χ0) is 18.6. The van der Waals surface area contributed by atoms with E-state index in [-0.39, 0.29) is 11.8 Å². The summed E-state index contributed by atoms with van der Waals surface area (Å²) in [6.07, 6.45) is 6.70. The molecule has 0 aliphatic carbocycles. The summed E-state index contributed by atoms with van der Waals surface area (Å²) in [5.41, 5.74) is 4.42. The molecule has 27 heavy (non-hydrogen) atoms. The van der Waals surface area contributed by atoms with E-state index >= 15 is 0 Å². The Kier molecular flexibility index (Phi) is 5.05. The lowest BCUT2D eigenvalue weighted by atomic mass is 9.97. The lowest BCUT2D eigenvalue weighted by Crippen LogP contribution is -2.38. The molecule has 138 valence electrons. The maximum Gasteiger partial charge on any atom is 0.246 e. The van der Waals surface area contributed by atoms with Gasteiger partial charge in [-0.3, -0.25) is 4.79 Å². The molecule has 1 aromatic heterocycles. The number of likely N-dealkylation sites (tertiary alicyclic amines) is 1. The van der Waals surface area contributed by atoms with Crippen LogP contribution in [0.2, 0.25) is 0 Å². The topological polar surface area (TPSA) is 49.0 Å². The first-order valence-corrected chi connectivity index (χ1v) is 9.73. The van der Waals surface area contributed by atoms with E-state index in [1.807, 2.05) is 35.2 Å². The molecule has 1 atom stereocenters. The maximum atomic E-state index is 12.7. The molecule has 1 aliphatic heterocycles. The number of H-pyrrole nitrogens is 1. The van der Waals surface area contributed by atoms with Crippen LogP contribution in [0.1, 0.15) is 42.6 Å². The second-order valence-corrected chi connectivity index (χ2v) is 7.19. The Balaban J connectivity index is 1.43. The Hall–Kier alpha value is -2.88. The highest BCUT2D eigenvalue weighted by Gasteiger charge is 2.25. The summed E-state index contributed by atoms with van der Waals surface area (Å²) < 4.78 is 0. The number of carbonyl (C=O) groups is 1. The van der Waals surface area contributed by atoms with Crippen LogP contribution in [0.3, 0.4) is 0 Å². The SMILES string of the molecule is CCc1ccc(/C=C/C(=O)N2CCCC(c3nc4ccccc4[nH]3)C2)cc1. The molecule has 0 radical (unpaired) electrons. The van der Waals surface area contributed by atoms with E-state index in [9.17, 15) is 4.79 Å². The highest BCUT2D eigenvalue weighted by molar-refractivity contribution is 5.91. The van der Waals surface area contributed by atoms with Crippen molar-refractivity contribution in [3.05, 3.63) is 71.6 Å². The number of hydrogen-bond acceptors (Lipinski definition) is 2. The number of aryl methyl sites for hydroxylation is 1. The number of imidazole rings is 1. The fourth-order valence-electron chi connectivity index (χ4n) is 3.70. The van der Waals surface area contributed by atoms with Crippen LogP contribution in [0.15, 0.2) is 54.6 Å². The molecule has 0 spiro atoms. The molecule has 0 saturated carbocycles. The number of nitrogens with zero attached hydrogens (tertiary/aromatic N) is 2. The van der Waals surface area contributed by atoms with Gasteiger partial charge < -0.3 is 9.88 Å². The molecule has 1 saturated heterocycles. The Morgan fingerprint density at radius 2 is 2.04 bits per heavy atom. The van der Waals surface area contributed by atoms with Gasteiger partial charge in [-0.15, -0.1) is 0 Å². The van der Waals surface area contributed by atoms with Gasteiger partial charge in [0.2, 0.25) is 5.91 Å². The third-order valence-electron chi connectivity index (χ3n) is 5.33. The fraction of sp³-hybridized carbons (Fsp3) is 0.304. The Bertz CT molecular complexity index is 922. The van der Waals surface area contributed by atoms with Gasteiger partial charge in [0.15, 0.2) is 0 Å². The number of fused-ring (bicyclic) bond motifs is 1. The number of amides is 1. The minimum absolute atomic E-state index is 0.0791. The van der Waals surface area contributed by atoms with Crippen LogP contribution in [-0.2, 0) is 11.2 Å². The van der Waals surface area contributed by atoms with Gasteiger partial charge >= 0.3 is 0 Å². The zero-order valence-electron chi connectivity index (χ0n) is 15.7. The van der Waals surface area contributed by atoms with Crippen LogP contribution in [0.25, 0.3) is 17.1 Å². The highest BCUT2D eigenvalue weighted by atomic mass is 16.2.